The lowest BCUT2D eigenvalue weighted by Gasteiger charge is -2.38. The van der Waals surface area contributed by atoms with E-state index < -0.39 is 0 Å². The van der Waals surface area contributed by atoms with Gasteiger partial charge in [0.25, 0.3) is 0 Å². The number of hydrogen-bond donors (Lipinski definition) is 2. The molecule has 0 aliphatic heterocycles. The highest BCUT2D eigenvalue weighted by atomic mass is 16.3. The summed E-state index contributed by atoms with van der Waals surface area (Å²) in [5.74, 6) is 0.655. The molecule has 0 aromatic carbocycles. The molecule has 3 atom stereocenters. The number of nitrogens with two attached hydrogens (primary N) is 1. The van der Waals surface area contributed by atoms with E-state index in [2.05, 4.69) is 13.8 Å². The van der Waals surface area contributed by atoms with E-state index >= 15 is 0 Å². The number of aliphatic hydroxyl groups excluding tert-OH is 1. The predicted molar refractivity (Wildman–Crippen MR) is 44.0 cm³/mol. The third-order valence-electron chi connectivity index (χ3n) is 3.89. The van der Waals surface area contributed by atoms with E-state index in [1.807, 2.05) is 0 Å². The quantitative estimate of drug-likeness (QED) is 0.545. The Morgan fingerprint density at radius 1 is 1.45 bits per heavy atom. The van der Waals surface area contributed by atoms with E-state index in [1.54, 1.807) is 0 Å². The molecule has 64 valence electrons. The molecule has 11 heavy (non-hydrogen) atoms. The maximum Gasteiger partial charge on any atom is 0.0773 e. The summed E-state index contributed by atoms with van der Waals surface area (Å²) in [6.45, 7) is 4.27. The molecule has 2 nitrogen and oxygen atoms in total. The molecular weight excluding hydrogens is 138 g/mol. The maximum atomic E-state index is 9.88. The van der Waals surface area contributed by atoms with Gasteiger partial charge in [0.05, 0.1) is 6.10 Å². The normalized spacial score (nSPS) is 53.5. The number of fused-ring (bicyclic) bond motifs is 2. The average Bonchev–Trinajstić information content (AvgIpc) is 2.36. The second kappa shape index (κ2) is 1.80. The number of aliphatic hydroxyl groups is 1. The molecular formula is C9H17NO. The van der Waals surface area contributed by atoms with E-state index in [1.165, 1.54) is 6.42 Å². The van der Waals surface area contributed by atoms with Crippen LogP contribution in [0, 0.1) is 11.3 Å². The first kappa shape index (κ1) is 7.56. The second-order valence-corrected chi connectivity index (χ2v) is 4.90. The summed E-state index contributed by atoms with van der Waals surface area (Å²) >= 11 is 0. The molecule has 2 aliphatic carbocycles. The highest BCUT2D eigenvalue weighted by molar-refractivity contribution is 5.14. The highest BCUT2D eigenvalue weighted by Crippen LogP contribution is 2.56. The summed E-state index contributed by atoms with van der Waals surface area (Å²) in [5.41, 5.74) is 5.89. The molecule has 0 aromatic heterocycles. The summed E-state index contributed by atoms with van der Waals surface area (Å²) in [7, 11) is 0. The van der Waals surface area contributed by atoms with E-state index in [9.17, 15) is 5.11 Å². The molecule has 2 aliphatic rings. The molecule has 3 N–H and O–H groups in total. The molecule has 2 saturated carbocycles. The summed E-state index contributed by atoms with van der Waals surface area (Å²) in [6.07, 6.45) is 2.97. The SMILES string of the molecule is CC1(C)[C@H]2CC[C@](N)(C2)[C@H]1O. The van der Waals surface area contributed by atoms with Gasteiger partial charge in [0.15, 0.2) is 0 Å². The molecule has 2 fully saturated rings. The van der Waals surface area contributed by atoms with Crippen LogP contribution in [0.25, 0.3) is 0 Å². The van der Waals surface area contributed by atoms with E-state index in [0.717, 1.165) is 12.8 Å². The molecule has 0 radical (unpaired) electrons. The maximum absolute atomic E-state index is 9.88. The molecule has 0 unspecified atom stereocenters. The zero-order valence-electron chi connectivity index (χ0n) is 7.30. The topological polar surface area (TPSA) is 46.2 Å². The molecule has 2 rings (SSSR count). The van der Waals surface area contributed by atoms with Crippen molar-refractivity contribution in [1.82, 2.24) is 0 Å². The van der Waals surface area contributed by atoms with Crippen LogP contribution in [0.2, 0.25) is 0 Å². The molecule has 0 aromatic rings. The Kier molecular flexibility index (Phi) is 1.24. The summed E-state index contributed by atoms with van der Waals surface area (Å²) in [4.78, 5) is 0. The third-order valence-corrected chi connectivity index (χ3v) is 3.89. The number of rotatable bonds is 0. The fraction of sp³-hybridized carbons (Fsp3) is 1.00. The first-order valence-corrected chi connectivity index (χ1v) is 4.44. The minimum absolute atomic E-state index is 0.0625. The van der Waals surface area contributed by atoms with Gasteiger partial charge in [-0.2, -0.15) is 0 Å². The lowest BCUT2D eigenvalue weighted by Crippen LogP contribution is -2.51. The van der Waals surface area contributed by atoms with Gasteiger partial charge in [0, 0.05) is 5.54 Å². The average molecular weight is 155 g/mol. The van der Waals surface area contributed by atoms with Crippen molar-refractivity contribution in [2.24, 2.45) is 17.1 Å². The Bertz CT molecular complexity index is 185. The fourth-order valence-corrected chi connectivity index (χ4v) is 2.95. The Morgan fingerprint density at radius 2 is 2.09 bits per heavy atom. The Hall–Kier alpha value is -0.0800. The van der Waals surface area contributed by atoms with Gasteiger partial charge in [-0.3, -0.25) is 0 Å². The standard InChI is InChI=1S/C9H17NO/c1-8(2)6-3-4-9(10,5-6)7(8)11/h6-7,11H,3-5,10H2,1-2H3/t6-,7-,9-/m0/s1. The largest absolute Gasteiger partial charge is 0.391 e. The van der Waals surface area contributed by atoms with Crippen LogP contribution in [0.4, 0.5) is 0 Å². The summed E-state index contributed by atoms with van der Waals surface area (Å²) in [5, 5.41) is 9.88. The van der Waals surface area contributed by atoms with Crippen LogP contribution in [0.5, 0.6) is 0 Å². The summed E-state index contributed by atoms with van der Waals surface area (Å²) in [6, 6.07) is 0. The minimum Gasteiger partial charge on any atom is -0.391 e. The van der Waals surface area contributed by atoms with Crippen LogP contribution >= 0.6 is 0 Å². The van der Waals surface area contributed by atoms with E-state index in [-0.39, 0.29) is 17.1 Å². The molecule has 2 bridgehead atoms. The smallest absolute Gasteiger partial charge is 0.0773 e. The molecule has 0 saturated heterocycles. The highest BCUT2D eigenvalue weighted by Gasteiger charge is 2.59. The third kappa shape index (κ3) is 0.744. The van der Waals surface area contributed by atoms with Crippen molar-refractivity contribution in [3.05, 3.63) is 0 Å². The Morgan fingerprint density at radius 3 is 2.36 bits per heavy atom. The van der Waals surface area contributed by atoms with Crippen LogP contribution in [-0.4, -0.2) is 16.7 Å². The monoisotopic (exact) mass is 155 g/mol. The minimum atomic E-state index is -0.284. The van der Waals surface area contributed by atoms with Crippen molar-refractivity contribution in [3.63, 3.8) is 0 Å². The van der Waals surface area contributed by atoms with Crippen LogP contribution in [-0.2, 0) is 0 Å². The fourth-order valence-electron chi connectivity index (χ4n) is 2.95. The van der Waals surface area contributed by atoms with Gasteiger partial charge in [0.2, 0.25) is 0 Å². The van der Waals surface area contributed by atoms with Gasteiger partial charge >= 0.3 is 0 Å². The van der Waals surface area contributed by atoms with Crippen molar-refractivity contribution in [2.75, 3.05) is 0 Å². The van der Waals surface area contributed by atoms with Crippen LogP contribution in [0.15, 0.2) is 0 Å². The van der Waals surface area contributed by atoms with Crippen molar-refractivity contribution < 1.29 is 5.11 Å². The summed E-state index contributed by atoms with van der Waals surface area (Å²) < 4.78 is 0. The zero-order valence-corrected chi connectivity index (χ0v) is 7.30. The molecule has 2 heteroatoms. The van der Waals surface area contributed by atoms with Crippen LogP contribution in [0.3, 0.4) is 0 Å². The van der Waals surface area contributed by atoms with Crippen LogP contribution < -0.4 is 5.73 Å². The van der Waals surface area contributed by atoms with Crippen molar-refractivity contribution >= 4 is 0 Å². The van der Waals surface area contributed by atoms with Gasteiger partial charge in [-0.25, -0.2) is 0 Å². The van der Waals surface area contributed by atoms with Crippen molar-refractivity contribution in [1.29, 1.82) is 0 Å². The van der Waals surface area contributed by atoms with Gasteiger partial charge < -0.3 is 10.8 Å². The molecule has 0 heterocycles. The molecule has 0 amide bonds. The number of hydrogen-bond acceptors (Lipinski definition) is 2. The van der Waals surface area contributed by atoms with Crippen molar-refractivity contribution in [3.8, 4) is 0 Å². The predicted octanol–water partition coefficient (Wildman–Crippen LogP) is 0.885. The molecule has 0 spiro atoms. The lowest BCUT2D eigenvalue weighted by atomic mass is 9.73. The zero-order chi connectivity index (χ0) is 8.28. The van der Waals surface area contributed by atoms with Gasteiger partial charge in [0.1, 0.15) is 0 Å². The van der Waals surface area contributed by atoms with Crippen LogP contribution in [0.1, 0.15) is 33.1 Å². The van der Waals surface area contributed by atoms with Gasteiger partial charge in [-0.15, -0.1) is 0 Å². The lowest BCUT2D eigenvalue weighted by molar-refractivity contribution is -0.00710. The van der Waals surface area contributed by atoms with Crippen molar-refractivity contribution in [2.45, 2.75) is 44.8 Å². The van der Waals surface area contributed by atoms with Gasteiger partial charge in [-0.1, -0.05) is 13.8 Å². The first-order chi connectivity index (χ1) is 4.97. The Labute approximate surface area is 67.8 Å². The van der Waals surface area contributed by atoms with Gasteiger partial charge in [-0.05, 0) is 30.6 Å². The second-order valence-electron chi connectivity index (χ2n) is 4.90. The Balaban J connectivity index is 2.34. The first-order valence-electron chi connectivity index (χ1n) is 4.44. The van der Waals surface area contributed by atoms with E-state index in [4.69, 9.17) is 5.73 Å². The van der Waals surface area contributed by atoms with E-state index in [0.29, 0.717) is 5.92 Å².